The molecule has 0 radical (unpaired) electrons. The van der Waals surface area contributed by atoms with Crippen molar-refractivity contribution in [3.05, 3.63) is 60.2 Å². The van der Waals surface area contributed by atoms with Gasteiger partial charge in [0.25, 0.3) is 0 Å². The molecule has 126 valence electrons. The highest BCUT2D eigenvalue weighted by Gasteiger charge is 2.20. The summed E-state index contributed by atoms with van der Waals surface area (Å²) in [7, 11) is 0. The molecule has 0 fully saturated rings. The van der Waals surface area contributed by atoms with Crippen LogP contribution < -0.4 is 15.4 Å². The Morgan fingerprint density at radius 3 is 2.38 bits per heavy atom. The van der Waals surface area contributed by atoms with E-state index in [1.165, 1.54) is 6.92 Å². The Bertz CT molecular complexity index is 686. The Morgan fingerprint density at radius 2 is 1.71 bits per heavy atom. The number of rotatable bonds is 7. The molecule has 0 heterocycles. The van der Waals surface area contributed by atoms with E-state index < -0.39 is 6.04 Å². The SMILES string of the molecule is CCOc1ccccc1[C@@H](CC(=O)Nc1ccccc1)NC(C)=O. The Balaban J connectivity index is 2.16. The maximum Gasteiger partial charge on any atom is 0.226 e. The number of carbonyl (C=O) groups is 2. The molecule has 2 N–H and O–H groups in total. The summed E-state index contributed by atoms with van der Waals surface area (Å²) >= 11 is 0. The number of benzene rings is 2. The number of carbonyl (C=O) groups excluding carboxylic acids is 2. The van der Waals surface area contributed by atoms with Gasteiger partial charge in [-0.25, -0.2) is 0 Å². The molecule has 2 aromatic carbocycles. The van der Waals surface area contributed by atoms with Crippen LogP contribution >= 0.6 is 0 Å². The maximum absolute atomic E-state index is 12.3. The monoisotopic (exact) mass is 326 g/mol. The van der Waals surface area contributed by atoms with Gasteiger partial charge < -0.3 is 15.4 Å². The Hall–Kier alpha value is -2.82. The molecular formula is C19H22N2O3. The lowest BCUT2D eigenvalue weighted by molar-refractivity contribution is -0.120. The Labute approximate surface area is 142 Å². The first-order valence-electron chi connectivity index (χ1n) is 7.94. The van der Waals surface area contributed by atoms with Crippen LogP contribution in [0.3, 0.4) is 0 Å². The summed E-state index contributed by atoms with van der Waals surface area (Å²) in [5.41, 5.74) is 1.51. The molecule has 1 atom stereocenters. The lowest BCUT2D eigenvalue weighted by Crippen LogP contribution is -2.30. The van der Waals surface area contributed by atoms with Gasteiger partial charge in [-0.1, -0.05) is 36.4 Å². The van der Waals surface area contributed by atoms with Gasteiger partial charge in [0.15, 0.2) is 0 Å². The standard InChI is InChI=1S/C19H22N2O3/c1-3-24-18-12-8-7-11-16(18)17(20-14(2)22)13-19(23)21-15-9-5-4-6-10-15/h4-12,17H,3,13H2,1-2H3,(H,20,22)(H,21,23)/t17-/m1/s1. The van der Waals surface area contributed by atoms with E-state index in [1.807, 2.05) is 61.5 Å². The summed E-state index contributed by atoms with van der Waals surface area (Å²) in [4.78, 5) is 23.9. The highest BCUT2D eigenvalue weighted by molar-refractivity contribution is 5.91. The average Bonchev–Trinajstić information content (AvgIpc) is 2.55. The third-order valence-electron chi connectivity index (χ3n) is 3.42. The molecule has 0 unspecified atom stereocenters. The minimum atomic E-state index is -0.450. The van der Waals surface area contributed by atoms with E-state index in [1.54, 1.807) is 0 Å². The van der Waals surface area contributed by atoms with Gasteiger partial charge in [0, 0.05) is 18.2 Å². The van der Waals surface area contributed by atoms with Crippen molar-refractivity contribution < 1.29 is 14.3 Å². The Kier molecular flexibility index (Phi) is 6.37. The first kappa shape index (κ1) is 17.5. The van der Waals surface area contributed by atoms with Crippen LogP contribution in [0.1, 0.15) is 31.9 Å². The third kappa shape index (κ3) is 5.12. The van der Waals surface area contributed by atoms with Gasteiger partial charge in [0.2, 0.25) is 11.8 Å². The molecule has 0 aromatic heterocycles. The summed E-state index contributed by atoms with van der Waals surface area (Å²) < 4.78 is 5.62. The summed E-state index contributed by atoms with van der Waals surface area (Å²) in [5, 5.41) is 5.67. The van der Waals surface area contributed by atoms with Crippen molar-refractivity contribution in [1.29, 1.82) is 0 Å². The van der Waals surface area contributed by atoms with Crippen LogP contribution in [0.5, 0.6) is 5.75 Å². The van der Waals surface area contributed by atoms with Crippen LogP contribution in [0.2, 0.25) is 0 Å². The molecule has 0 saturated carbocycles. The number of amides is 2. The van der Waals surface area contributed by atoms with Crippen molar-refractivity contribution in [3.63, 3.8) is 0 Å². The third-order valence-corrected chi connectivity index (χ3v) is 3.42. The first-order valence-corrected chi connectivity index (χ1v) is 7.94. The van der Waals surface area contributed by atoms with Crippen LogP contribution in [0.15, 0.2) is 54.6 Å². The van der Waals surface area contributed by atoms with E-state index in [0.717, 1.165) is 11.3 Å². The van der Waals surface area contributed by atoms with Gasteiger partial charge in [-0.15, -0.1) is 0 Å². The molecule has 0 spiro atoms. The van der Waals surface area contributed by atoms with E-state index in [9.17, 15) is 9.59 Å². The summed E-state index contributed by atoms with van der Waals surface area (Å²) in [5.74, 6) is 0.302. The van der Waals surface area contributed by atoms with Crippen molar-refractivity contribution in [2.24, 2.45) is 0 Å². The molecule has 2 amide bonds. The number of para-hydroxylation sites is 2. The minimum Gasteiger partial charge on any atom is -0.494 e. The number of hydrogen-bond acceptors (Lipinski definition) is 3. The smallest absolute Gasteiger partial charge is 0.226 e. The maximum atomic E-state index is 12.3. The molecule has 5 heteroatoms. The topological polar surface area (TPSA) is 67.4 Å². The van der Waals surface area contributed by atoms with Gasteiger partial charge in [0.1, 0.15) is 5.75 Å². The second-order valence-corrected chi connectivity index (χ2v) is 5.34. The Morgan fingerprint density at radius 1 is 1.04 bits per heavy atom. The fraction of sp³-hybridized carbons (Fsp3) is 0.263. The zero-order valence-electron chi connectivity index (χ0n) is 13.9. The molecule has 0 aliphatic carbocycles. The molecule has 2 rings (SSSR count). The highest BCUT2D eigenvalue weighted by atomic mass is 16.5. The van der Waals surface area contributed by atoms with E-state index in [-0.39, 0.29) is 18.2 Å². The van der Waals surface area contributed by atoms with Crippen LogP contribution in [0.4, 0.5) is 5.69 Å². The fourth-order valence-corrected chi connectivity index (χ4v) is 2.46. The van der Waals surface area contributed by atoms with E-state index in [4.69, 9.17) is 4.74 Å². The zero-order chi connectivity index (χ0) is 17.4. The predicted molar refractivity (Wildman–Crippen MR) is 93.9 cm³/mol. The van der Waals surface area contributed by atoms with Crippen LogP contribution in [-0.4, -0.2) is 18.4 Å². The van der Waals surface area contributed by atoms with Crippen LogP contribution in [-0.2, 0) is 9.59 Å². The average molecular weight is 326 g/mol. The number of hydrogen-bond donors (Lipinski definition) is 2. The molecule has 2 aromatic rings. The van der Waals surface area contributed by atoms with Crippen molar-refractivity contribution in [3.8, 4) is 5.75 Å². The van der Waals surface area contributed by atoms with Gasteiger partial charge in [-0.3, -0.25) is 9.59 Å². The van der Waals surface area contributed by atoms with Crippen molar-refractivity contribution >= 4 is 17.5 Å². The number of anilines is 1. The van der Waals surface area contributed by atoms with Gasteiger partial charge in [-0.2, -0.15) is 0 Å². The lowest BCUT2D eigenvalue weighted by Gasteiger charge is -2.21. The van der Waals surface area contributed by atoms with E-state index >= 15 is 0 Å². The fourth-order valence-electron chi connectivity index (χ4n) is 2.46. The van der Waals surface area contributed by atoms with E-state index in [0.29, 0.717) is 12.4 Å². The lowest BCUT2D eigenvalue weighted by atomic mass is 10.0. The summed E-state index contributed by atoms with van der Waals surface area (Å²) in [6, 6.07) is 16.2. The summed E-state index contributed by atoms with van der Waals surface area (Å²) in [6.45, 7) is 3.84. The molecule has 0 aliphatic rings. The van der Waals surface area contributed by atoms with Crippen molar-refractivity contribution in [2.75, 3.05) is 11.9 Å². The second-order valence-electron chi connectivity index (χ2n) is 5.34. The normalized spacial score (nSPS) is 11.4. The molecule has 0 aliphatic heterocycles. The van der Waals surface area contributed by atoms with Crippen molar-refractivity contribution in [1.82, 2.24) is 5.32 Å². The molecule has 5 nitrogen and oxygen atoms in total. The largest absolute Gasteiger partial charge is 0.494 e. The molecule has 0 saturated heterocycles. The zero-order valence-corrected chi connectivity index (χ0v) is 13.9. The van der Waals surface area contributed by atoms with Crippen molar-refractivity contribution in [2.45, 2.75) is 26.3 Å². The second kappa shape index (κ2) is 8.72. The van der Waals surface area contributed by atoms with Gasteiger partial charge >= 0.3 is 0 Å². The van der Waals surface area contributed by atoms with Crippen LogP contribution in [0, 0.1) is 0 Å². The minimum absolute atomic E-state index is 0.124. The highest BCUT2D eigenvalue weighted by Crippen LogP contribution is 2.27. The number of ether oxygens (including phenoxy) is 1. The molecular weight excluding hydrogens is 304 g/mol. The quantitative estimate of drug-likeness (QED) is 0.820. The number of nitrogens with one attached hydrogen (secondary N) is 2. The van der Waals surface area contributed by atoms with E-state index in [2.05, 4.69) is 10.6 Å². The van der Waals surface area contributed by atoms with Gasteiger partial charge in [-0.05, 0) is 25.1 Å². The van der Waals surface area contributed by atoms with Gasteiger partial charge in [0.05, 0.1) is 19.1 Å². The molecule has 24 heavy (non-hydrogen) atoms. The molecule has 0 bridgehead atoms. The first-order chi connectivity index (χ1) is 11.6. The van der Waals surface area contributed by atoms with Crippen LogP contribution in [0.25, 0.3) is 0 Å². The predicted octanol–water partition coefficient (Wildman–Crippen LogP) is 3.29. The summed E-state index contributed by atoms with van der Waals surface area (Å²) in [6.07, 6.45) is 0.124.